The van der Waals surface area contributed by atoms with Crippen molar-refractivity contribution in [2.45, 2.75) is 6.92 Å². The number of nitrogens with one attached hydrogen (secondary N) is 2. The van der Waals surface area contributed by atoms with Crippen LogP contribution in [0.25, 0.3) is 11.3 Å². The molecule has 0 saturated carbocycles. The fourth-order valence-corrected chi connectivity index (χ4v) is 2.87. The summed E-state index contributed by atoms with van der Waals surface area (Å²) in [4.78, 5) is 29.3. The average Bonchev–Trinajstić information content (AvgIpc) is 2.77. The average molecular weight is 417 g/mol. The van der Waals surface area contributed by atoms with E-state index in [4.69, 9.17) is 11.6 Å². The second-order valence-electron chi connectivity index (χ2n) is 6.49. The van der Waals surface area contributed by atoms with Crippen molar-refractivity contribution in [2.75, 3.05) is 10.6 Å². The van der Waals surface area contributed by atoms with Crippen LogP contribution >= 0.6 is 11.6 Å². The maximum atomic E-state index is 12.4. The summed E-state index contributed by atoms with van der Waals surface area (Å²) in [5, 5.41) is 6.41. The third kappa shape index (κ3) is 4.59. The summed E-state index contributed by atoms with van der Waals surface area (Å²) >= 11 is 5.78. The highest BCUT2D eigenvalue weighted by atomic mass is 35.5. The minimum Gasteiger partial charge on any atom is -0.324 e. The highest BCUT2D eigenvalue weighted by Gasteiger charge is 2.09. The Balaban J connectivity index is 1.54. The molecule has 4 aromatic rings. The van der Waals surface area contributed by atoms with Crippen LogP contribution in [-0.2, 0) is 0 Å². The lowest BCUT2D eigenvalue weighted by Crippen LogP contribution is -2.12. The summed E-state index contributed by atoms with van der Waals surface area (Å²) in [6.45, 7) is 1.96. The number of anilines is 3. The van der Waals surface area contributed by atoms with E-state index in [1.165, 1.54) is 6.20 Å². The van der Waals surface area contributed by atoms with Gasteiger partial charge >= 0.3 is 0 Å². The second-order valence-corrected chi connectivity index (χ2v) is 6.87. The number of hydrogen-bond acceptors (Lipinski definition) is 6. The second kappa shape index (κ2) is 8.67. The molecule has 7 nitrogen and oxygen atoms in total. The molecule has 0 spiro atoms. The number of carbonyl (C=O) groups excluding carboxylic acids is 1. The lowest BCUT2D eigenvalue weighted by Gasteiger charge is -2.12. The van der Waals surface area contributed by atoms with Crippen molar-refractivity contribution in [3.63, 3.8) is 0 Å². The van der Waals surface area contributed by atoms with Crippen LogP contribution in [-0.4, -0.2) is 25.8 Å². The molecule has 2 N–H and O–H groups in total. The lowest BCUT2D eigenvalue weighted by atomic mass is 10.1. The van der Waals surface area contributed by atoms with Gasteiger partial charge in [-0.05, 0) is 55.0 Å². The molecular formula is C22H17ClN6O. The number of rotatable bonds is 5. The molecule has 30 heavy (non-hydrogen) atoms. The van der Waals surface area contributed by atoms with Gasteiger partial charge in [0, 0.05) is 41.7 Å². The summed E-state index contributed by atoms with van der Waals surface area (Å²) in [7, 11) is 0. The van der Waals surface area contributed by atoms with E-state index in [9.17, 15) is 4.79 Å². The van der Waals surface area contributed by atoms with Crippen LogP contribution in [0.2, 0.25) is 5.15 Å². The number of pyridine rings is 2. The minimum atomic E-state index is -0.274. The Morgan fingerprint density at radius 2 is 1.90 bits per heavy atom. The molecule has 1 amide bonds. The van der Waals surface area contributed by atoms with Gasteiger partial charge in [0.15, 0.2) is 0 Å². The van der Waals surface area contributed by atoms with E-state index in [1.807, 2.05) is 43.3 Å². The van der Waals surface area contributed by atoms with Crippen LogP contribution in [0.1, 0.15) is 15.9 Å². The molecule has 0 bridgehead atoms. The molecule has 3 heterocycles. The number of benzene rings is 1. The quantitative estimate of drug-likeness (QED) is 0.450. The molecule has 0 fully saturated rings. The third-order valence-electron chi connectivity index (χ3n) is 4.34. The molecule has 0 aliphatic heterocycles. The lowest BCUT2D eigenvalue weighted by molar-refractivity contribution is 0.102. The number of aryl methyl sites for hydroxylation is 1. The van der Waals surface area contributed by atoms with Gasteiger partial charge < -0.3 is 10.6 Å². The molecule has 4 rings (SSSR count). The molecule has 0 unspecified atom stereocenters. The Morgan fingerprint density at radius 1 is 1.00 bits per heavy atom. The van der Waals surface area contributed by atoms with Gasteiger partial charge in [-0.15, -0.1) is 0 Å². The van der Waals surface area contributed by atoms with Crippen LogP contribution in [0.4, 0.5) is 17.3 Å². The first-order valence-electron chi connectivity index (χ1n) is 9.12. The van der Waals surface area contributed by atoms with E-state index < -0.39 is 0 Å². The standard InChI is InChI=1S/C22H17ClN6O/c1-14-4-6-17(27-21(30)16-5-7-20(23)26-13-16)11-19(14)29-22-25-10-8-18(28-22)15-3-2-9-24-12-15/h2-13H,1H3,(H,27,30)(H,25,28,29). The number of hydrogen-bond donors (Lipinski definition) is 2. The SMILES string of the molecule is Cc1ccc(NC(=O)c2ccc(Cl)nc2)cc1Nc1nccc(-c2cccnc2)n1. The summed E-state index contributed by atoms with van der Waals surface area (Å²) in [6, 6.07) is 14.4. The molecule has 1 aromatic carbocycles. The highest BCUT2D eigenvalue weighted by Crippen LogP contribution is 2.24. The maximum Gasteiger partial charge on any atom is 0.257 e. The van der Waals surface area contributed by atoms with E-state index in [0.717, 1.165) is 22.5 Å². The van der Waals surface area contributed by atoms with Gasteiger partial charge in [0.1, 0.15) is 5.15 Å². The highest BCUT2D eigenvalue weighted by molar-refractivity contribution is 6.29. The van der Waals surface area contributed by atoms with Crippen LogP contribution < -0.4 is 10.6 Å². The molecule has 3 aromatic heterocycles. The zero-order chi connectivity index (χ0) is 20.9. The normalized spacial score (nSPS) is 10.5. The van der Waals surface area contributed by atoms with Crippen molar-refractivity contribution in [1.29, 1.82) is 0 Å². The first-order valence-corrected chi connectivity index (χ1v) is 9.50. The van der Waals surface area contributed by atoms with E-state index in [1.54, 1.807) is 30.7 Å². The summed E-state index contributed by atoms with van der Waals surface area (Å²) in [6.07, 6.45) is 6.58. The van der Waals surface area contributed by atoms with Crippen LogP contribution in [0.3, 0.4) is 0 Å². The Bertz CT molecular complexity index is 1180. The van der Waals surface area contributed by atoms with E-state index in [2.05, 4.69) is 30.6 Å². The fraction of sp³-hybridized carbons (Fsp3) is 0.0455. The largest absolute Gasteiger partial charge is 0.324 e. The summed E-state index contributed by atoms with van der Waals surface area (Å²) in [5.41, 5.74) is 4.48. The minimum absolute atomic E-state index is 0.274. The van der Waals surface area contributed by atoms with Crippen molar-refractivity contribution in [3.05, 3.63) is 89.6 Å². The van der Waals surface area contributed by atoms with Crippen molar-refractivity contribution < 1.29 is 4.79 Å². The first-order chi connectivity index (χ1) is 14.6. The topological polar surface area (TPSA) is 92.7 Å². The van der Waals surface area contributed by atoms with Crippen molar-refractivity contribution in [1.82, 2.24) is 19.9 Å². The Hall–Kier alpha value is -3.84. The first kappa shape index (κ1) is 19.5. The van der Waals surface area contributed by atoms with Gasteiger partial charge in [-0.3, -0.25) is 9.78 Å². The van der Waals surface area contributed by atoms with Crippen LogP contribution in [0, 0.1) is 6.92 Å². The van der Waals surface area contributed by atoms with Crippen LogP contribution in [0.5, 0.6) is 0 Å². The molecule has 0 atom stereocenters. The summed E-state index contributed by atoms with van der Waals surface area (Å²) in [5.74, 6) is 0.175. The summed E-state index contributed by atoms with van der Waals surface area (Å²) < 4.78 is 0. The van der Waals surface area contributed by atoms with Gasteiger partial charge in [0.2, 0.25) is 5.95 Å². The predicted octanol–water partition coefficient (Wildman–Crippen LogP) is 4.89. The van der Waals surface area contributed by atoms with E-state index >= 15 is 0 Å². The number of halogens is 1. The van der Waals surface area contributed by atoms with Crippen molar-refractivity contribution in [3.8, 4) is 11.3 Å². The van der Waals surface area contributed by atoms with Crippen molar-refractivity contribution >= 4 is 34.8 Å². The monoisotopic (exact) mass is 416 g/mol. The Labute approximate surface area is 178 Å². The predicted molar refractivity (Wildman–Crippen MR) is 117 cm³/mol. The van der Waals surface area contributed by atoms with E-state index in [-0.39, 0.29) is 5.91 Å². The number of nitrogens with zero attached hydrogens (tertiary/aromatic N) is 4. The third-order valence-corrected chi connectivity index (χ3v) is 4.57. The molecular weight excluding hydrogens is 400 g/mol. The molecule has 0 radical (unpaired) electrons. The van der Waals surface area contributed by atoms with Gasteiger partial charge in [0.25, 0.3) is 5.91 Å². The zero-order valence-electron chi connectivity index (χ0n) is 16.0. The molecule has 0 aliphatic rings. The Morgan fingerprint density at radius 3 is 2.67 bits per heavy atom. The fourth-order valence-electron chi connectivity index (χ4n) is 2.76. The maximum absolute atomic E-state index is 12.4. The molecule has 0 saturated heterocycles. The van der Waals surface area contributed by atoms with Crippen LogP contribution in [0.15, 0.2) is 73.3 Å². The van der Waals surface area contributed by atoms with Gasteiger partial charge in [-0.1, -0.05) is 17.7 Å². The van der Waals surface area contributed by atoms with Gasteiger partial charge in [0.05, 0.1) is 11.3 Å². The molecule has 8 heteroatoms. The Kier molecular flexibility index (Phi) is 5.63. The molecule has 148 valence electrons. The smallest absolute Gasteiger partial charge is 0.257 e. The number of carbonyl (C=O) groups is 1. The number of amides is 1. The number of aromatic nitrogens is 4. The van der Waals surface area contributed by atoms with Crippen molar-refractivity contribution in [2.24, 2.45) is 0 Å². The zero-order valence-corrected chi connectivity index (χ0v) is 16.8. The van der Waals surface area contributed by atoms with Gasteiger partial charge in [-0.2, -0.15) is 0 Å². The van der Waals surface area contributed by atoms with E-state index in [0.29, 0.717) is 22.4 Å². The van der Waals surface area contributed by atoms with Gasteiger partial charge in [-0.25, -0.2) is 15.0 Å². The molecule has 0 aliphatic carbocycles.